The van der Waals surface area contributed by atoms with Gasteiger partial charge in [0.1, 0.15) is 17.8 Å². The van der Waals surface area contributed by atoms with Crippen LogP contribution in [-0.4, -0.2) is 26.8 Å². The van der Waals surface area contributed by atoms with Crippen LogP contribution in [0.4, 0.5) is 0 Å². The van der Waals surface area contributed by atoms with E-state index in [4.69, 9.17) is 4.74 Å². The number of nitrogens with zero attached hydrogens (tertiary/aromatic N) is 3. The van der Waals surface area contributed by atoms with Crippen LogP contribution in [0.3, 0.4) is 0 Å². The topological polar surface area (TPSA) is 57.0 Å². The summed E-state index contributed by atoms with van der Waals surface area (Å²) in [5.41, 5.74) is 0.411. The van der Waals surface area contributed by atoms with Gasteiger partial charge < -0.3 is 9.30 Å². The van der Waals surface area contributed by atoms with Crippen molar-refractivity contribution in [3.63, 3.8) is 0 Å². The number of carbonyl (C=O) groups is 1. The van der Waals surface area contributed by atoms with Gasteiger partial charge in [-0.15, -0.1) is 21.5 Å². The summed E-state index contributed by atoms with van der Waals surface area (Å²) in [5.74, 6) is 1.93. The summed E-state index contributed by atoms with van der Waals surface area (Å²) < 4.78 is 8.18. The van der Waals surface area contributed by atoms with E-state index in [9.17, 15) is 4.79 Å². The zero-order valence-corrected chi connectivity index (χ0v) is 17.2. The highest BCUT2D eigenvalue weighted by molar-refractivity contribution is 7.10. The second-order valence-electron chi connectivity index (χ2n) is 8.12. The lowest BCUT2D eigenvalue weighted by molar-refractivity contribution is -0.0153. The number of aryl methyl sites for hydroxylation is 1. The lowest BCUT2D eigenvalue weighted by Crippen LogP contribution is -2.49. The first-order valence-electron chi connectivity index (χ1n) is 10.5. The summed E-state index contributed by atoms with van der Waals surface area (Å²) in [6.45, 7) is 0.985. The molecule has 29 heavy (non-hydrogen) atoms. The van der Waals surface area contributed by atoms with Gasteiger partial charge in [0.2, 0.25) is 0 Å². The summed E-state index contributed by atoms with van der Waals surface area (Å²) in [6, 6.07) is 13.5. The fourth-order valence-corrected chi connectivity index (χ4v) is 5.60. The number of hydrogen-bond acceptors (Lipinski definition) is 5. The van der Waals surface area contributed by atoms with E-state index in [1.54, 1.807) is 23.5 Å². The third-order valence-electron chi connectivity index (χ3n) is 6.22. The fraction of sp³-hybridized carbons (Fsp3) is 0.435. The summed E-state index contributed by atoms with van der Waals surface area (Å²) in [4.78, 5) is 13.8. The molecule has 0 atom stereocenters. The molecule has 2 aromatic heterocycles. The number of thiophene rings is 1. The largest absolute Gasteiger partial charge is 0.459 e. The molecule has 0 spiro atoms. The standard InChI is InChI=1S/C23H25N3O2S/c27-21(17-9-4-3-5-10-17)28-18-15-23(16-18,19-11-8-14-29-19)22-25-24-20-12-6-1-2-7-13-26(20)22/h3-5,8-11,14,18H,1-2,6-7,12-13,15-16H2. The second kappa shape index (κ2) is 7.75. The van der Waals surface area contributed by atoms with Crippen LogP contribution in [0.2, 0.25) is 0 Å². The first kappa shape index (κ1) is 18.6. The van der Waals surface area contributed by atoms with Crippen LogP contribution in [0.1, 0.15) is 65.4 Å². The number of carbonyl (C=O) groups excluding carboxylic acids is 1. The third kappa shape index (κ3) is 3.39. The molecule has 1 aromatic carbocycles. The van der Waals surface area contributed by atoms with Crippen molar-refractivity contribution in [2.75, 3.05) is 0 Å². The van der Waals surface area contributed by atoms with Gasteiger partial charge in [-0.05, 0) is 36.4 Å². The zero-order valence-electron chi connectivity index (χ0n) is 16.4. The van der Waals surface area contributed by atoms with Crippen molar-refractivity contribution in [1.29, 1.82) is 0 Å². The molecule has 1 aliphatic carbocycles. The first-order valence-corrected chi connectivity index (χ1v) is 11.4. The van der Waals surface area contributed by atoms with Crippen LogP contribution in [0.25, 0.3) is 0 Å². The number of esters is 1. The van der Waals surface area contributed by atoms with E-state index >= 15 is 0 Å². The van der Waals surface area contributed by atoms with Gasteiger partial charge in [0.25, 0.3) is 0 Å². The molecule has 6 heteroatoms. The summed E-state index contributed by atoms with van der Waals surface area (Å²) in [7, 11) is 0. The third-order valence-corrected chi connectivity index (χ3v) is 7.29. The van der Waals surface area contributed by atoms with E-state index in [2.05, 4.69) is 32.3 Å². The van der Waals surface area contributed by atoms with Crippen molar-refractivity contribution in [3.8, 4) is 0 Å². The molecule has 0 radical (unpaired) electrons. The van der Waals surface area contributed by atoms with Gasteiger partial charge in [0, 0.05) is 30.7 Å². The van der Waals surface area contributed by atoms with Gasteiger partial charge in [-0.1, -0.05) is 37.1 Å². The molecule has 1 saturated carbocycles. The Labute approximate surface area is 174 Å². The maximum atomic E-state index is 12.5. The molecule has 3 heterocycles. The maximum absolute atomic E-state index is 12.5. The number of ether oxygens (including phenoxy) is 1. The number of rotatable bonds is 4. The predicted molar refractivity (Wildman–Crippen MR) is 112 cm³/mol. The highest BCUT2D eigenvalue weighted by Gasteiger charge is 2.53. The molecular formula is C23H25N3O2S. The van der Waals surface area contributed by atoms with E-state index in [1.165, 1.54) is 30.6 Å². The molecular weight excluding hydrogens is 382 g/mol. The first-order chi connectivity index (χ1) is 14.3. The Hall–Kier alpha value is -2.47. The van der Waals surface area contributed by atoms with Crippen LogP contribution in [0.5, 0.6) is 0 Å². The molecule has 1 aliphatic heterocycles. The lowest BCUT2D eigenvalue weighted by atomic mass is 9.65. The van der Waals surface area contributed by atoms with Gasteiger partial charge in [-0.3, -0.25) is 0 Å². The molecule has 0 amide bonds. The molecule has 5 rings (SSSR count). The van der Waals surface area contributed by atoms with Crippen LogP contribution in [0.15, 0.2) is 47.8 Å². The normalized spacial score (nSPS) is 24.1. The van der Waals surface area contributed by atoms with Crippen LogP contribution >= 0.6 is 11.3 Å². The second-order valence-corrected chi connectivity index (χ2v) is 9.06. The Morgan fingerprint density at radius 2 is 1.86 bits per heavy atom. The zero-order chi connectivity index (χ0) is 19.7. The summed E-state index contributed by atoms with van der Waals surface area (Å²) in [5, 5.41) is 11.4. The molecule has 3 aromatic rings. The molecule has 5 nitrogen and oxygen atoms in total. The minimum Gasteiger partial charge on any atom is -0.459 e. The van der Waals surface area contributed by atoms with Crippen molar-refractivity contribution in [1.82, 2.24) is 14.8 Å². The Balaban J connectivity index is 1.41. The van der Waals surface area contributed by atoms with Gasteiger partial charge in [0.15, 0.2) is 0 Å². The predicted octanol–water partition coefficient (Wildman–Crippen LogP) is 4.76. The van der Waals surface area contributed by atoms with Gasteiger partial charge in [-0.25, -0.2) is 4.79 Å². The number of benzene rings is 1. The van der Waals surface area contributed by atoms with Crippen LogP contribution < -0.4 is 0 Å². The molecule has 1 fully saturated rings. The molecule has 0 bridgehead atoms. The Morgan fingerprint density at radius 1 is 1.03 bits per heavy atom. The van der Waals surface area contributed by atoms with Crippen molar-refractivity contribution in [2.24, 2.45) is 0 Å². The molecule has 0 saturated heterocycles. The van der Waals surface area contributed by atoms with E-state index in [1.807, 2.05) is 18.2 Å². The Kier molecular flexibility index (Phi) is 4.96. The van der Waals surface area contributed by atoms with Crippen molar-refractivity contribution < 1.29 is 9.53 Å². The Morgan fingerprint density at radius 3 is 2.66 bits per heavy atom. The fourth-order valence-electron chi connectivity index (χ4n) is 4.66. The quantitative estimate of drug-likeness (QED) is 0.585. The average Bonchev–Trinajstić information content (AvgIpc) is 3.35. The monoisotopic (exact) mass is 407 g/mol. The maximum Gasteiger partial charge on any atom is 0.338 e. The molecule has 2 aliphatic rings. The van der Waals surface area contributed by atoms with Crippen LogP contribution in [0, 0.1) is 0 Å². The SMILES string of the molecule is O=C(OC1CC(c2cccs2)(c2nnc3n2CCCCCC3)C1)c1ccccc1. The minimum atomic E-state index is -0.244. The van der Waals surface area contributed by atoms with E-state index in [-0.39, 0.29) is 17.5 Å². The van der Waals surface area contributed by atoms with Crippen molar-refractivity contribution in [2.45, 2.75) is 63.0 Å². The highest BCUT2D eigenvalue weighted by Crippen LogP contribution is 2.51. The Bertz CT molecular complexity index is 975. The van der Waals surface area contributed by atoms with E-state index < -0.39 is 0 Å². The van der Waals surface area contributed by atoms with Crippen molar-refractivity contribution in [3.05, 3.63) is 69.9 Å². The summed E-state index contributed by atoms with van der Waals surface area (Å²) in [6.07, 6.45) is 7.34. The minimum absolute atomic E-state index is 0.0914. The number of aromatic nitrogens is 3. The smallest absolute Gasteiger partial charge is 0.338 e. The van der Waals surface area contributed by atoms with E-state index in [0.29, 0.717) is 5.56 Å². The van der Waals surface area contributed by atoms with Gasteiger partial charge in [0.05, 0.1) is 11.0 Å². The van der Waals surface area contributed by atoms with Crippen molar-refractivity contribution >= 4 is 17.3 Å². The van der Waals surface area contributed by atoms with Gasteiger partial charge >= 0.3 is 5.97 Å². The number of fused-ring (bicyclic) bond motifs is 1. The average molecular weight is 408 g/mol. The van der Waals surface area contributed by atoms with E-state index in [0.717, 1.165) is 37.5 Å². The molecule has 0 unspecified atom stereocenters. The molecule has 150 valence electrons. The lowest BCUT2D eigenvalue weighted by Gasteiger charge is -2.45. The highest BCUT2D eigenvalue weighted by atomic mass is 32.1. The molecule has 0 N–H and O–H groups in total. The van der Waals surface area contributed by atoms with Gasteiger partial charge in [-0.2, -0.15) is 0 Å². The summed E-state index contributed by atoms with van der Waals surface area (Å²) >= 11 is 1.76. The van der Waals surface area contributed by atoms with Crippen LogP contribution in [-0.2, 0) is 23.1 Å². The number of hydrogen-bond donors (Lipinski definition) is 0.